The van der Waals surface area contributed by atoms with Crippen molar-refractivity contribution in [2.75, 3.05) is 12.8 Å². The van der Waals surface area contributed by atoms with Gasteiger partial charge in [0.15, 0.2) is 0 Å². The largest absolute Gasteiger partial charge is 0.357 e. The molecule has 6 heteroatoms. The van der Waals surface area contributed by atoms with Gasteiger partial charge in [0.2, 0.25) is 11.8 Å². The Morgan fingerprint density at radius 3 is 2.57 bits per heavy atom. The van der Waals surface area contributed by atoms with Gasteiger partial charge in [-0.25, -0.2) is 0 Å². The van der Waals surface area contributed by atoms with Gasteiger partial charge in [0.05, 0.1) is 5.75 Å². The molecule has 0 spiro atoms. The second-order valence-electron chi connectivity index (χ2n) is 6.61. The van der Waals surface area contributed by atoms with E-state index in [1.165, 1.54) is 11.8 Å². The van der Waals surface area contributed by atoms with E-state index < -0.39 is 6.04 Å². The minimum absolute atomic E-state index is 0.0364. The van der Waals surface area contributed by atoms with Crippen LogP contribution < -0.4 is 5.32 Å². The van der Waals surface area contributed by atoms with Crippen molar-refractivity contribution in [2.24, 2.45) is 0 Å². The highest BCUT2D eigenvalue weighted by Gasteiger charge is 2.28. The molecule has 0 aliphatic heterocycles. The van der Waals surface area contributed by atoms with Gasteiger partial charge in [0.25, 0.3) is 0 Å². The van der Waals surface area contributed by atoms with Crippen LogP contribution in [0.5, 0.6) is 0 Å². The number of hydrogen-bond donors (Lipinski definition) is 1. The maximum atomic E-state index is 13.0. The quantitative estimate of drug-likeness (QED) is 0.655. The zero-order valence-corrected chi connectivity index (χ0v) is 18.1. The van der Waals surface area contributed by atoms with Crippen LogP contribution in [0.1, 0.15) is 30.0 Å². The van der Waals surface area contributed by atoms with Gasteiger partial charge in [-0.2, -0.15) is 0 Å². The molecule has 1 N–H and O–H groups in total. The van der Waals surface area contributed by atoms with Crippen molar-refractivity contribution in [3.05, 3.63) is 70.2 Å². The Bertz CT molecular complexity index is 813. The first-order valence-corrected chi connectivity index (χ1v) is 10.9. The Labute approximate surface area is 176 Å². The Kier molecular flexibility index (Phi) is 8.87. The van der Waals surface area contributed by atoms with Crippen molar-refractivity contribution in [3.63, 3.8) is 0 Å². The summed E-state index contributed by atoms with van der Waals surface area (Å²) in [5.74, 6) is 0.836. The minimum atomic E-state index is -0.483. The third kappa shape index (κ3) is 6.28. The van der Waals surface area contributed by atoms with Crippen molar-refractivity contribution in [1.82, 2.24) is 10.2 Å². The number of likely N-dealkylation sites (N-methyl/N-ethyl adjacent to an activating group) is 1. The van der Waals surface area contributed by atoms with E-state index in [9.17, 15) is 9.59 Å². The lowest BCUT2D eigenvalue weighted by Gasteiger charge is -2.30. The smallest absolute Gasteiger partial charge is 0.242 e. The third-order valence-corrected chi connectivity index (χ3v) is 5.84. The van der Waals surface area contributed by atoms with Crippen LogP contribution in [0.15, 0.2) is 48.5 Å². The maximum absolute atomic E-state index is 13.0. The molecule has 0 saturated carbocycles. The molecule has 2 amide bonds. The molecule has 0 heterocycles. The monoisotopic (exact) mass is 418 g/mol. The summed E-state index contributed by atoms with van der Waals surface area (Å²) in [7, 11) is 1.61. The Morgan fingerprint density at radius 1 is 1.18 bits per heavy atom. The van der Waals surface area contributed by atoms with Crippen molar-refractivity contribution in [2.45, 2.75) is 38.6 Å². The summed E-state index contributed by atoms with van der Waals surface area (Å²) in [4.78, 5) is 27.1. The molecule has 0 bridgehead atoms. The highest BCUT2D eigenvalue weighted by atomic mass is 35.5. The second kappa shape index (κ2) is 11.1. The van der Waals surface area contributed by atoms with Gasteiger partial charge < -0.3 is 10.2 Å². The molecule has 150 valence electrons. The van der Waals surface area contributed by atoms with Gasteiger partial charge in [-0.05, 0) is 42.2 Å². The van der Waals surface area contributed by atoms with Crippen molar-refractivity contribution >= 4 is 35.2 Å². The van der Waals surface area contributed by atoms with E-state index in [1.54, 1.807) is 11.9 Å². The van der Waals surface area contributed by atoms with Gasteiger partial charge in [0, 0.05) is 24.4 Å². The summed E-state index contributed by atoms with van der Waals surface area (Å²) in [6.07, 6.45) is 0.566. The van der Waals surface area contributed by atoms with Gasteiger partial charge in [-0.15, -0.1) is 11.8 Å². The van der Waals surface area contributed by atoms with Crippen molar-refractivity contribution in [3.8, 4) is 0 Å². The summed E-state index contributed by atoms with van der Waals surface area (Å²) in [6, 6.07) is 15.1. The molecular weight excluding hydrogens is 392 g/mol. The van der Waals surface area contributed by atoms with Crippen LogP contribution in [0.2, 0.25) is 5.02 Å². The number of thioether (sulfide) groups is 1. The Hall–Kier alpha value is -1.98. The predicted octanol–water partition coefficient (Wildman–Crippen LogP) is 4.44. The normalized spacial score (nSPS) is 11.7. The number of carbonyl (C=O) groups is 2. The molecule has 1 atom stereocenters. The number of nitrogens with zero attached hydrogens (tertiary/aromatic N) is 1. The molecule has 2 aromatic rings. The molecule has 1 unspecified atom stereocenters. The average Bonchev–Trinajstić information content (AvgIpc) is 2.69. The maximum Gasteiger partial charge on any atom is 0.242 e. The minimum Gasteiger partial charge on any atom is -0.357 e. The zero-order valence-electron chi connectivity index (χ0n) is 16.6. The molecule has 0 aliphatic carbocycles. The number of hydrogen-bond acceptors (Lipinski definition) is 3. The van der Waals surface area contributed by atoms with Crippen LogP contribution in [0, 0.1) is 6.92 Å². The van der Waals surface area contributed by atoms with E-state index in [-0.39, 0.29) is 11.8 Å². The van der Waals surface area contributed by atoms with Gasteiger partial charge >= 0.3 is 0 Å². The van der Waals surface area contributed by atoms with Crippen LogP contribution in [-0.2, 0) is 21.9 Å². The van der Waals surface area contributed by atoms with Crippen LogP contribution >= 0.6 is 23.4 Å². The lowest BCUT2D eigenvalue weighted by molar-refractivity contribution is -0.139. The average molecular weight is 419 g/mol. The molecule has 28 heavy (non-hydrogen) atoms. The van der Waals surface area contributed by atoms with Crippen LogP contribution in [-0.4, -0.2) is 35.6 Å². The summed E-state index contributed by atoms with van der Waals surface area (Å²) in [5.41, 5.74) is 3.24. The number of amides is 2. The van der Waals surface area contributed by atoms with E-state index in [2.05, 4.69) is 5.32 Å². The zero-order chi connectivity index (χ0) is 20.5. The lowest BCUT2D eigenvalue weighted by Crippen LogP contribution is -2.48. The van der Waals surface area contributed by atoms with Crippen molar-refractivity contribution in [1.29, 1.82) is 0 Å². The SMILES string of the molecule is CCC(C(=O)NC)N(Cc1ccccc1C)C(=O)CSCc1cccc(Cl)c1. The highest BCUT2D eigenvalue weighted by molar-refractivity contribution is 7.99. The molecule has 0 radical (unpaired) electrons. The van der Waals surface area contributed by atoms with E-state index in [4.69, 9.17) is 11.6 Å². The predicted molar refractivity (Wildman–Crippen MR) is 117 cm³/mol. The number of aryl methyl sites for hydroxylation is 1. The standard InChI is InChI=1S/C22H27ClN2O2S/c1-4-20(22(27)24-3)25(13-18-10-6-5-8-16(18)2)21(26)15-28-14-17-9-7-11-19(23)12-17/h5-12,20H,4,13-15H2,1-3H3,(H,24,27). The number of benzene rings is 2. The number of carbonyl (C=O) groups excluding carboxylic acids is 2. The fourth-order valence-electron chi connectivity index (χ4n) is 3.02. The van der Waals surface area contributed by atoms with E-state index in [0.29, 0.717) is 29.5 Å². The fraction of sp³-hybridized carbons (Fsp3) is 0.364. The fourth-order valence-corrected chi connectivity index (χ4v) is 4.09. The molecule has 2 aromatic carbocycles. The summed E-state index contributed by atoms with van der Waals surface area (Å²) in [5, 5.41) is 3.38. The Morgan fingerprint density at radius 2 is 1.93 bits per heavy atom. The van der Waals surface area contributed by atoms with Gasteiger partial charge in [-0.1, -0.05) is 54.9 Å². The summed E-state index contributed by atoms with van der Waals surface area (Å²) < 4.78 is 0. The number of halogens is 1. The lowest BCUT2D eigenvalue weighted by atomic mass is 10.1. The molecule has 4 nitrogen and oxygen atoms in total. The summed E-state index contributed by atoms with van der Waals surface area (Å²) >= 11 is 7.56. The first-order valence-electron chi connectivity index (χ1n) is 9.34. The van der Waals surface area contributed by atoms with Gasteiger partial charge in [-0.3, -0.25) is 9.59 Å². The topological polar surface area (TPSA) is 49.4 Å². The van der Waals surface area contributed by atoms with Crippen LogP contribution in [0.3, 0.4) is 0 Å². The van der Waals surface area contributed by atoms with E-state index in [0.717, 1.165) is 16.7 Å². The molecule has 0 fully saturated rings. The Balaban J connectivity index is 2.11. The van der Waals surface area contributed by atoms with Crippen LogP contribution in [0.25, 0.3) is 0 Å². The first kappa shape index (κ1) is 22.3. The van der Waals surface area contributed by atoms with Gasteiger partial charge in [0.1, 0.15) is 6.04 Å². The van der Waals surface area contributed by atoms with E-state index in [1.807, 2.05) is 62.4 Å². The van der Waals surface area contributed by atoms with Crippen molar-refractivity contribution < 1.29 is 9.59 Å². The molecule has 0 aromatic heterocycles. The summed E-state index contributed by atoms with van der Waals surface area (Å²) in [6.45, 7) is 4.37. The molecule has 2 rings (SSSR count). The first-order chi connectivity index (χ1) is 13.5. The molecular formula is C22H27ClN2O2S. The molecule has 0 aliphatic rings. The highest BCUT2D eigenvalue weighted by Crippen LogP contribution is 2.20. The molecule has 0 saturated heterocycles. The third-order valence-electron chi connectivity index (χ3n) is 4.62. The second-order valence-corrected chi connectivity index (χ2v) is 8.03. The number of rotatable bonds is 9. The van der Waals surface area contributed by atoms with E-state index >= 15 is 0 Å². The number of nitrogens with one attached hydrogen (secondary N) is 1. The van der Waals surface area contributed by atoms with Crippen LogP contribution in [0.4, 0.5) is 0 Å².